The highest BCUT2D eigenvalue weighted by atomic mass is 32.2. The van der Waals surface area contributed by atoms with Crippen LogP contribution in [0.25, 0.3) is 0 Å². The number of carboxylic acid groups (broad SMARTS) is 1. The van der Waals surface area contributed by atoms with Crippen molar-refractivity contribution in [3.05, 3.63) is 54.1 Å². The first-order valence-corrected chi connectivity index (χ1v) is 24.9. The topological polar surface area (TPSA) is 340 Å². The lowest BCUT2D eigenvalue weighted by molar-refractivity contribution is -0.145. The van der Waals surface area contributed by atoms with Gasteiger partial charge in [0.1, 0.15) is 42.3 Å². The Balaban J connectivity index is 1.60. The molecule has 0 saturated carbocycles. The van der Waals surface area contributed by atoms with E-state index in [1.165, 1.54) is 27.9 Å². The first-order chi connectivity index (χ1) is 32.8. The van der Waals surface area contributed by atoms with E-state index in [1.807, 2.05) is 6.26 Å². The second-order valence-electron chi connectivity index (χ2n) is 18.2. The van der Waals surface area contributed by atoms with E-state index in [9.17, 15) is 43.5 Å². The summed E-state index contributed by atoms with van der Waals surface area (Å²) in [7, 11) is 0. The maximum atomic E-state index is 14.6. The van der Waals surface area contributed by atoms with Gasteiger partial charge in [0.2, 0.25) is 41.4 Å². The number of hydrogen-bond acceptors (Lipinski definition) is 12. The number of aromatic nitrogens is 2. The number of guanidine groups is 1. The molecule has 2 fully saturated rings. The molecule has 0 spiro atoms. The van der Waals surface area contributed by atoms with E-state index in [1.54, 1.807) is 64.2 Å². The predicted octanol–water partition coefficient (Wildman–Crippen LogP) is -0.659. The van der Waals surface area contributed by atoms with Crippen LogP contribution >= 0.6 is 11.8 Å². The Morgan fingerprint density at radius 2 is 1.38 bits per heavy atom. The third kappa shape index (κ3) is 16.5. The summed E-state index contributed by atoms with van der Waals surface area (Å²) in [6, 6.07) is 0.0141. The van der Waals surface area contributed by atoms with E-state index >= 15 is 0 Å². The molecule has 2 aromatic rings. The monoisotopic (exact) mass is 982 g/mol. The van der Waals surface area contributed by atoms with Gasteiger partial charge in [-0.1, -0.05) is 58.0 Å². The van der Waals surface area contributed by atoms with Crippen molar-refractivity contribution in [2.45, 2.75) is 134 Å². The number of benzene rings is 1. The lowest BCUT2D eigenvalue weighted by Crippen LogP contribution is -2.61. The first kappa shape index (κ1) is 55.4. The van der Waals surface area contributed by atoms with Gasteiger partial charge in [-0.3, -0.25) is 39.0 Å². The highest BCUT2D eigenvalue weighted by Crippen LogP contribution is 2.23. The molecule has 4 rings (SSSR count). The first-order valence-electron chi connectivity index (χ1n) is 23.5. The van der Waals surface area contributed by atoms with Gasteiger partial charge in [-0.05, 0) is 74.4 Å². The predicted molar refractivity (Wildman–Crippen MR) is 259 cm³/mol. The number of imidazole rings is 1. The third-order valence-electron chi connectivity index (χ3n) is 12.3. The van der Waals surface area contributed by atoms with Crippen LogP contribution < -0.4 is 43.4 Å². The standard InChI is InChI=1S/C46H71N13O9S/c1-26(2)36(47)42(64)57-37(27(3)4)44(66)59-20-11-16-35(59)40(62)53-30(14-9-18-51-46(48)49)38(60)55-32(22-28-12-7-6-8-13-28)39(61)56-33(23-29-24-50-25-52-29)43(65)58-19-10-15-34(58)41(63)54-31(45(67)68)17-21-69-5/h6-8,12-13,24-27,30-37H,9-11,14-23,47H2,1-5H3,(H,50,52)(H,53,62)(H,54,63)(H,55,60)(H,56,61)(H,57,64)(H,67,68)(H4,48,49,51)/t30-,31-,32-,33-,34-,35-,36-,37-/m0/s1. The molecule has 2 aliphatic heterocycles. The summed E-state index contributed by atoms with van der Waals surface area (Å²) < 4.78 is 0. The Morgan fingerprint density at radius 1 is 0.783 bits per heavy atom. The highest BCUT2D eigenvalue weighted by Gasteiger charge is 2.42. The Hall–Kier alpha value is -6.23. The van der Waals surface area contributed by atoms with Crippen LogP contribution in [0.5, 0.6) is 0 Å². The number of aliphatic carboxylic acids is 1. The average Bonchev–Trinajstić information content (AvgIpc) is 4.13. The number of aromatic amines is 1. The van der Waals surface area contributed by atoms with Crippen LogP contribution in [-0.2, 0) is 51.2 Å². The summed E-state index contributed by atoms with van der Waals surface area (Å²) in [6.45, 7) is 7.70. The summed E-state index contributed by atoms with van der Waals surface area (Å²) in [5.74, 6) is -5.83. The summed E-state index contributed by atoms with van der Waals surface area (Å²) in [5, 5.41) is 33.8. The Bertz CT molecular complexity index is 2080. The normalized spacial score (nSPS) is 18.3. The summed E-state index contributed by atoms with van der Waals surface area (Å²) in [5.41, 5.74) is 12.7. The van der Waals surface area contributed by atoms with E-state index in [-0.39, 0.29) is 82.4 Å². The molecule has 13 N–H and O–H groups in total. The van der Waals surface area contributed by atoms with Crippen LogP contribution in [-0.4, -0.2) is 158 Å². The van der Waals surface area contributed by atoms with Gasteiger partial charge in [0, 0.05) is 38.7 Å². The van der Waals surface area contributed by atoms with Crippen LogP contribution in [0.1, 0.15) is 83.9 Å². The number of hydrogen-bond donors (Lipinski definition) is 11. The van der Waals surface area contributed by atoms with Crippen LogP contribution in [0.3, 0.4) is 0 Å². The zero-order valence-electron chi connectivity index (χ0n) is 40.1. The molecule has 2 saturated heterocycles. The molecule has 22 nitrogen and oxygen atoms in total. The number of carbonyl (C=O) groups excluding carboxylic acids is 7. The zero-order valence-corrected chi connectivity index (χ0v) is 40.9. The summed E-state index contributed by atoms with van der Waals surface area (Å²) >= 11 is 1.44. The van der Waals surface area contributed by atoms with Crippen molar-refractivity contribution in [2.75, 3.05) is 31.6 Å². The maximum Gasteiger partial charge on any atom is 0.326 e. The van der Waals surface area contributed by atoms with Gasteiger partial charge in [0.25, 0.3) is 0 Å². The number of nitrogens with one attached hydrogen (secondary N) is 8. The van der Waals surface area contributed by atoms with Gasteiger partial charge in [0.15, 0.2) is 5.96 Å². The summed E-state index contributed by atoms with van der Waals surface area (Å²) in [6.07, 6.45) is 6.59. The fraction of sp³-hybridized carbons (Fsp3) is 0.609. The molecule has 7 amide bonds. The van der Waals surface area contributed by atoms with Gasteiger partial charge in [-0.25, -0.2) is 9.78 Å². The third-order valence-corrected chi connectivity index (χ3v) is 12.9. The number of nitrogens with zero attached hydrogens (tertiary/aromatic N) is 3. The van der Waals surface area contributed by atoms with Gasteiger partial charge in [0.05, 0.1) is 18.1 Å². The second kappa shape index (κ2) is 27.1. The van der Waals surface area contributed by atoms with Crippen molar-refractivity contribution >= 4 is 65.0 Å². The fourth-order valence-electron chi connectivity index (χ4n) is 8.29. The van der Waals surface area contributed by atoms with Crippen LogP contribution in [0.4, 0.5) is 0 Å². The Labute approximate surface area is 407 Å². The number of carboxylic acids is 1. The van der Waals surface area contributed by atoms with Crippen molar-refractivity contribution < 1.29 is 43.5 Å². The molecule has 1 aromatic carbocycles. The molecule has 0 radical (unpaired) electrons. The molecule has 0 bridgehead atoms. The molecule has 0 aliphatic carbocycles. The summed E-state index contributed by atoms with van der Waals surface area (Å²) in [4.78, 5) is 120. The Morgan fingerprint density at radius 3 is 1.93 bits per heavy atom. The molecule has 23 heteroatoms. The minimum absolute atomic E-state index is 0.0225. The molecule has 1 aromatic heterocycles. The minimum Gasteiger partial charge on any atom is -0.480 e. The van der Waals surface area contributed by atoms with E-state index < -0.39 is 95.7 Å². The highest BCUT2D eigenvalue weighted by molar-refractivity contribution is 7.98. The zero-order chi connectivity index (χ0) is 50.8. The second-order valence-corrected chi connectivity index (χ2v) is 19.2. The number of carbonyl (C=O) groups is 8. The molecular weight excluding hydrogens is 911 g/mol. The number of likely N-dealkylation sites (tertiary alicyclic amines) is 2. The average molecular weight is 982 g/mol. The number of H-pyrrole nitrogens is 1. The molecular formula is C46H71N13O9S. The smallest absolute Gasteiger partial charge is 0.326 e. The van der Waals surface area contributed by atoms with Crippen LogP contribution in [0.2, 0.25) is 0 Å². The number of thioether (sulfide) groups is 1. The van der Waals surface area contributed by atoms with Gasteiger partial charge < -0.3 is 63.3 Å². The molecule has 8 atom stereocenters. The molecule has 69 heavy (non-hydrogen) atoms. The number of rotatable bonds is 26. The van der Waals surface area contributed by atoms with E-state index in [4.69, 9.17) is 16.9 Å². The maximum absolute atomic E-state index is 14.6. The molecule has 380 valence electrons. The van der Waals surface area contributed by atoms with Gasteiger partial charge in [-0.15, -0.1) is 0 Å². The van der Waals surface area contributed by atoms with Gasteiger partial charge >= 0.3 is 5.97 Å². The van der Waals surface area contributed by atoms with Crippen molar-refractivity contribution in [3.8, 4) is 0 Å². The molecule has 3 heterocycles. The van der Waals surface area contributed by atoms with Crippen molar-refractivity contribution in [1.29, 1.82) is 5.41 Å². The van der Waals surface area contributed by atoms with Crippen LogP contribution in [0, 0.1) is 17.2 Å². The quantitative estimate of drug-likeness (QED) is 0.0317. The van der Waals surface area contributed by atoms with Crippen molar-refractivity contribution in [3.63, 3.8) is 0 Å². The fourth-order valence-corrected chi connectivity index (χ4v) is 8.76. The van der Waals surface area contributed by atoms with E-state index in [2.05, 4.69) is 41.9 Å². The van der Waals surface area contributed by atoms with E-state index in [0.29, 0.717) is 29.9 Å². The SMILES string of the molecule is CSCC[C@H](NC(=O)[C@@H]1CCCN1C(=O)[C@H](Cc1c[nH]cn1)NC(=O)[C@H](Cc1ccccc1)NC(=O)[C@H](CCCNC(=N)N)NC(=O)[C@@H]1CCCN1C(=O)[C@@H](NC(=O)[C@@H](N)C(C)C)C(C)C)C(=O)O. The van der Waals surface area contributed by atoms with Crippen molar-refractivity contribution in [1.82, 2.24) is 51.7 Å². The lowest BCUT2D eigenvalue weighted by atomic mass is 9.99. The minimum atomic E-state index is -1.31. The number of amides is 7. The van der Waals surface area contributed by atoms with Crippen molar-refractivity contribution in [2.24, 2.45) is 23.3 Å². The molecule has 0 unspecified atom stereocenters. The number of nitrogens with two attached hydrogens (primary N) is 2. The van der Waals surface area contributed by atoms with Crippen LogP contribution in [0.15, 0.2) is 42.9 Å². The van der Waals surface area contributed by atoms with Gasteiger partial charge in [-0.2, -0.15) is 11.8 Å². The largest absolute Gasteiger partial charge is 0.480 e. The Kier molecular flexibility index (Phi) is 21.7. The molecule has 2 aliphatic rings. The van der Waals surface area contributed by atoms with E-state index in [0.717, 1.165) is 0 Å². The lowest BCUT2D eigenvalue weighted by Gasteiger charge is -2.32.